The van der Waals surface area contributed by atoms with Crippen LogP contribution in [-0.2, 0) is 39.9 Å². The highest BCUT2D eigenvalue weighted by Crippen LogP contribution is 2.30. The van der Waals surface area contributed by atoms with Crippen LogP contribution in [0.5, 0.6) is 0 Å². The van der Waals surface area contributed by atoms with Crippen molar-refractivity contribution < 1.29 is 38.6 Å². The molecule has 0 aliphatic carbocycles. The fraction of sp³-hybridized carbons (Fsp3) is 0.725. The van der Waals surface area contributed by atoms with E-state index in [0.29, 0.717) is 19.4 Å². The Labute approximate surface area is 317 Å². The maximum Gasteiger partial charge on any atom is 0.326 e. The van der Waals surface area contributed by atoms with Crippen molar-refractivity contribution in [2.24, 2.45) is 23.7 Å². The van der Waals surface area contributed by atoms with Crippen molar-refractivity contribution in [3.8, 4) is 0 Å². The van der Waals surface area contributed by atoms with Gasteiger partial charge in [-0.1, -0.05) is 84.7 Å². The van der Waals surface area contributed by atoms with E-state index in [1.165, 1.54) is 14.2 Å². The summed E-state index contributed by atoms with van der Waals surface area (Å²) >= 11 is 0. The molecule has 0 aromatic heterocycles. The Morgan fingerprint density at radius 3 is 2.02 bits per heavy atom. The van der Waals surface area contributed by atoms with Gasteiger partial charge in [-0.2, -0.15) is 0 Å². The van der Waals surface area contributed by atoms with E-state index in [1.54, 1.807) is 30.8 Å². The largest absolute Gasteiger partial charge is 0.480 e. The normalized spacial score (nSPS) is 19.1. The zero-order chi connectivity index (χ0) is 40.2. The summed E-state index contributed by atoms with van der Waals surface area (Å²) in [5.41, 5.74) is 1.84. The first-order chi connectivity index (χ1) is 24.9. The van der Waals surface area contributed by atoms with Crippen molar-refractivity contribution in [1.29, 1.82) is 0 Å². The van der Waals surface area contributed by atoms with E-state index >= 15 is 0 Å². The van der Waals surface area contributed by atoms with E-state index in [2.05, 4.69) is 16.0 Å². The molecule has 0 saturated carbocycles. The number of carbonyl (C=O) groups is 5. The molecule has 1 fully saturated rings. The van der Waals surface area contributed by atoms with Crippen molar-refractivity contribution in [3.63, 3.8) is 0 Å². The number of aryl methyl sites for hydroxylation is 1. The van der Waals surface area contributed by atoms with Gasteiger partial charge in [0.25, 0.3) is 0 Å². The zero-order valence-electron chi connectivity index (χ0n) is 34.1. The van der Waals surface area contributed by atoms with Gasteiger partial charge in [0, 0.05) is 34.2 Å². The van der Waals surface area contributed by atoms with E-state index < -0.39 is 60.2 Å². The molecule has 13 nitrogen and oxygen atoms in total. The molecule has 1 aromatic carbocycles. The first-order valence-corrected chi connectivity index (χ1v) is 19.1. The number of aliphatic carboxylic acids is 1. The Hall–Kier alpha value is -3.55. The zero-order valence-corrected chi connectivity index (χ0v) is 34.1. The second-order valence-electron chi connectivity index (χ2n) is 15.4. The lowest BCUT2D eigenvalue weighted by atomic mass is 9.89. The number of likely N-dealkylation sites (N-methyl/N-ethyl adjacent to an activating group) is 2. The van der Waals surface area contributed by atoms with Gasteiger partial charge in [0.2, 0.25) is 23.6 Å². The van der Waals surface area contributed by atoms with E-state index in [9.17, 15) is 29.1 Å². The van der Waals surface area contributed by atoms with Crippen LogP contribution in [0.3, 0.4) is 0 Å². The minimum atomic E-state index is -1.14. The minimum absolute atomic E-state index is 0.0117. The third-order valence-corrected chi connectivity index (χ3v) is 10.9. The topological polar surface area (TPSA) is 167 Å². The molecule has 1 aliphatic rings. The van der Waals surface area contributed by atoms with Gasteiger partial charge in [0.1, 0.15) is 12.1 Å². The fourth-order valence-corrected chi connectivity index (χ4v) is 7.51. The second kappa shape index (κ2) is 21.4. The molecule has 1 aromatic rings. The Morgan fingerprint density at radius 1 is 0.925 bits per heavy atom. The number of nitrogens with one attached hydrogen (secondary N) is 3. The van der Waals surface area contributed by atoms with Crippen LogP contribution in [0.15, 0.2) is 24.3 Å². The smallest absolute Gasteiger partial charge is 0.326 e. The highest BCUT2D eigenvalue weighted by atomic mass is 16.5. The third kappa shape index (κ3) is 12.2. The number of ether oxygens (including phenoxy) is 2. The quantitative estimate of drug-likeness (QED) is 0.148. The lowest BCUT2D eigenvalue weighted by molar-refractivity contribution is -0.148. The van der Waals surface area contributed by atoms with Crippen LogP contribution in [0.2, 0.25) is 0 Å². The number of carbonyl (C=O) groups excluding carboxylic acids is 4. The van der Waals surface area contributed by atoms with E-state index in [1.807, 2.05) is 72.7 Å². The first-order valence-electron chi connectivity index (χ1n) is 19.1. The average molecular weight is 746 g/mol. The number of carboxylic acids is 1. The van der Waals surface area contributed by atoms with Crippen LogP contribution in [0, 0.1) is 30.6 Å². The van der Waals surface area contributed by atoms with Crippen molar-refractivity contribution >= 4 is 29.6 Å². The van der Waals surface area contributed by atoms with E-state index in [-0.39, 0.29) is 48.3 Å². The van der Waals surface area contributed by atoms with Crippen LogP contribution >= 0.6 is 0 Å². The van der Waals surface area contributed by atoms with Gasteiger partial charge in [-0.05, 0) is 50.1 Å². The number of amides is 4. The van der Waals surface area contributed by atoms with Crippen LogP contribution in [0.4, 0.5) is 0 Å². The van der Waals surface area contributed by atoms with Crippen LogP contribution in [0.25, 0.3) is 0 Å². The van der Waals surface area contributed by atoms with Crippen molar-refractivity contribution in [3.05, 3.63) is 35.4 Å². The molecule has 0 spiro atoms. The van der Waals surface area contributed by atoms with Crippen LogP contribution in [0.1, 0.15) is 85.3 Å². The summed E-state index contributed by atoms with van der Waals surface area (Å²) in [6.07, 6.45) is 0.812. The molecule has 1 heterocycles. The number of hydrogen-bond acceptors (Lipinski definition) is 8. The molecule has 53 heavy (non-hydrogen) atoms. The third-order valence-electron chi connectivity index (χ3n) is 10.9. The molecule has 1 saturated heterocycles. The summed E-state index contributed by atoms with van der Waals surface area (Å²) in [5, 5.41) is 18.6. The molecule has 8 unspecified atom stereocenters. The van der Waals surface area contributed by atoms with Gasteiger partial charge in [-0.3, -0.25) is 19.2 Å². The monoisotopic (exact) mass is 745 g/mol. The standard InChI is InChI=1S/C40H67N5O8/c1-13-26(7)35(44(10)39(49)34(24(4)5)43-38(48)33(41-9)23(2)3)31(52-11)22-32(46)45-20-14-15-30(45)36(53-12)27(8)37(47)42-29(40(50)51)21-28-18-16-25(6)17-19-28/h16-19,23-24,26-27,29-31,33-36,41H,13-15,20-22H2,1-12H3,(H,42,47)(H,43,48)(H,50,51)/t26?,27?,29?,30-,31?,33?,34?,35?,36?/m0/s1. The molecule has 0 bridgehead atoms. The van der Waals surface area contributed by atoms with Crippen molar-refractivity contribution in [2.75, 3.05) is 34.9 Å². The number of methoxy groups -OCH3 is 2. The number of likely N-dealkylation sites (tertiary alicyclic amines) is 1. The van der Waals surface area contributed by atoms with Crippen molar-refractivity contribution in [2.45, 2.75) is 130 Å². The maximum atomic E-state index is 14.1. The first kappa shape index (κ1) is 45.6. The summed E-state index contributed by atoms with van der Waals surface area (Å²) < 4.78 is 11.9. The molecule has 2 rings (SSSR count). The summed E-state index contributed by atoms with van der Waals surface area (Å²) in [6, 6.07) is 4.23. The Bertz CT molecular complexity index is 1350. The lowest BCUT2D eigenvalue weighted by Crippen LogP contribution is -2.59. The highest BCUT2D eigenvalue weighted by Gasteiger charge is 2.43. The SMILES string of the molecule is CCC(C)C(C(CC(=O)N1CCC[C@H]1C(OC)C(C)C(=O)NC(Cc1ccc(C)cc1)C(=O)O)OC)N(C)C(=O)C(NC(=O)C(NC)C(C)C)C(C)C. The molecule has 300 valence electrons. The number of benzene rings is 1. The van der Waals surface area contributed by atoms with Gasteiger partial charge in [0.05, 0.1) is 42.7 Å². The summed E-state index contributed by atoms with van der Waals surface area (Å²) in [7, 11) is 6.46. The number of hydrogen-bond donors (Lipinski definition) is 4. The minimum Gasteiger partial charge on any atom is -0.480 e. The average Bonchev–Trinajstić information content (AvgIpc) is 3.60. The Morgan fingerprint density at radius 2 is 1.53 bits per heavy atom. The molecular weight excluding hydrogens is 678 g/mol. The van der Waals surface area contributed by atoms with Gasteiger partial charge in [-0.25, -0.2) is 4.79 Å². The van der Waals surface area contributed by atoms with Gasteiger partial charge >= 0.3 is 5.97 Å². The predicted molar refractivity (Wildman–Crippen MR) is 205 cm³/mol. The van der Waals surface area contributed by atoms with Crippen LogP contribution in [-0.4, -0.2) is 122 Å². The molecule has 9 atom stereocenters. The van der Waals surface area contributed by atoms with E-state index in [4.69, 9.17) is 9.47 Å². The predicted octanol–water partition coefficient (Wildman–Crippen LogP) is 3.41. The molecule has 1 aliphatic heterocycles. The fourth-order valence-electron chi connectivity index (χ4n) is 7.51. The van der Waals surface area contributed by atoms with E-state index in [0.717, 1.165) is 17.5 Å². The molecule has 4 amide bonds. The lowest BCUT2D eigenvalue weighted by Gasteiger charge is -2.41. The number of rotatable bonds is 21. The molecule has 4 N–H and O–H groups in total. The Balaban J connectivity index is 2.26. The number of nitrogens with zero attached hydrogens (tertiary/aromatic N) is 2. The molecule has 0 radical (unpaired) electrons. The summed E-state index contributed by atoms with van der Waals surface area (Å²) in [4.78, 5) is 70.5. The summed E-state index contributed by atoms with van der Waals surface area (Å²) in [6.45, 7) is 15.8. The second-order valence-corrected chi connectivity index (χ2v) is 15.4. The number of carboxylic acid groups (broad SMARTS) is 1. The van der Waals surface area contributed by atoms with Crippen molar-refractivity contribution in [1.82, 2.24) is 25.8 Å². The van der Waals surface area contributed by atoms with Gasteiger partial charge in [-0.15, -0.1) is 0 Å². The Kier molecular flexibility index (Phi) is 18.4. The van der Waals surface area contributed by atoms with Gasteiger partial charge < -0.3 is 40.3 Å². The van der Waals surface area contributed by atoms with Gasteiger partial charge in [0.15, 0.2) is 0 Å². The maximum absolute atomic E-state index is 14.1. The molecular formula is C40H67N5O8. The van der Waals surface area contributed by atoms with Crippen LogP contribution < -0.4 is 16.0 Å². The molecule has 13 heteroatoms. The highest BCUT2D eigenvalue weighted by molar-refractivity contribution is 5.90. The summed E-state index contributed by atoms with van der Waals surface area (Å²) in [5.74, 6) is -3.27.